The number of rotatable bonds is 2. The van der Waals surface area contributed by atoms with Crippen LogP contribution in [0.5, 0.6) is 0 Å². The Balaban J connectivity index is 2.13. The molecule has 0 aliphatic carbocycles. The summed E-state index contributed by atoms with van der Waals surface area (Å²) in [6, 6.07) is -0.707. The molecule has 1 saturated heterocycles. The van der Waals surface area contributed by atoms with Crippen molar-refractivity contribution in [1.29, 1.82) is 0 Å². The summed E-state index contributed by atoms with van der Waals surface area (Å²) < 4.78 is 27.0. The third kappa shape index (κ3) is 2.02. The second-order valence-corrected chi connectivity index (χ2v) is 4.20. The summed E-state index contributed by atoms with van der Waals surface area (Å²) in [4.78, 5) is 0. The minimum absolute atomic E-state index is 0.0255. The number of hydrogen-bond acceptors (Lipinski definition) is 3. The lowest BCUT2D eigenvalue weighted by atomic mass is 9.99. The molecule has 16 heavy (non-hydrogen) atoms. The topological polar surface area (TPSA) is 55.9 Å². The van der Waals surface area contributed by atoms with Crippen LogP contribution in [0.4, 0.5) is 14.5 Å². The van der Waals surface area contributed by atoms with E-state index in [4.69, 9.17) is 5.73 Å². The van der Waals surface area contributed by atoms with E-state index in [1.807, 2.05) is 6.92 Å². The molecule has 1 fully saturated rings. The Bertz CT molecular complexity index is 364. The molecular formula is C10H16F2N4. The Kier molecular flexibility index (Phi) is 3.09. The molecule has 0 spiro atoms. The second-order valence-electron chi connectivity index (χ2n) is 4.20. The number of piperidine rings is 1. The molecule has 0 aromatic carbocycles. The average molecular weight is 230 g/mol. The minimum atomic E-state index is -2.32. The van der Waals surface area contributed by atoms with E-state index in [2.05, 4.69) is 10.4 Å². The number of alkyl halides is 2. The van der Waals surface area contributed by atoms with Crippen LogP contribution in [0.1, 0.15) is 24.6 Å². The molecular weight excluding hydrogens is 214 g/mol. The maximum Gasteiger partial charge on any atom is 0.253 e. The van der Waals surface area contributed by atoms with Crippen LogP contribution in [0.2, 0.25) is 0 Å². The summed E-state index contributed by atoms with van der Waals surface area (Å²) in [6.45, 7) is 2.46. The van der Waals surface area contributed by atoms with Gasteiger partial charge in [-0.2, -0.15) is 5.10 Å². The SMILES string of the molecule is Cc1c(N)cnn1C1CCN[C@@H](C(F)F)C1. The van der Waals surface area contributed by atoms with Crippen LogP contribution < -0.4 is 11.1 Å². The van der Waals surface area contributed by atoms with Gasteiger partial charge in [-0.1, -0.05) is 0 Å². The lowest BCUT2D eigenvalue weighted by Gasteiger charge is -2.30. The molecule has 1 aromatic rings. The van der Waals surface area contributed by atoms with E-state index in [-0.39, 0.29) is 6.04 Å². The lowest BCUT2D eigenvalue weighted by Crippen LogP contribution is -2.43. The molecule has 0 saturated carbocycles. The molecule has 1 aromatic heterocycles. The van der Waals surface area contributed by atoms with E-state index in [0.29, 0.717) is 18.7 Å². The van der Waals surface area contributed by atoms with Crippen molar-refractivity contribution in [3.8, 4) is 0 Å². The summed E-state index contributed by atoms with van der Waals surface area (Å²) in [5.74, 6) is 0. The summed E-state index contributed by atoms with van der Waals surface area (Å²) in [6.07, 6.45) is 0.468. The van der Waals surface area contributed by atoms with E-state index in [0.717, 1.165) is 12.1 Å². The van der Waals surface area contributed by atoms with Crippen LogP contribution in [0.15, 0.2) is 6.20 Å². The molecule has 2 rings (SSSR count). The molecule has 2 atom stereocenters. The van der Waals surface area contributed by atoms with Gasteiger partial charge in [0.25, 0.3) is 6.43 Å². The monoisotopic (exact) mass is 230 g/mol. The van der Waals surface area contributed by atoms with Crippen LogP contribution in [0.3, 0.4) is 0 Å². The molecule has 0 bridgehead atoms. The number of anilines is 1. The highest BCUT2D eigenvalue weighted by molar-refractivity contribution is 5.39. The zero-order valence-electron chi connectivity index (χ0n) is 9.16. The fraction of sp³-hybridized carbons (Fsp3) is 0.700. The first-order valence-electron chi connectivity index (χ1n) is 5.40. The van der Waals surface area contributed by atoms with Crippen LogP contribution in [-0.2, 0) is 0 Å². The van der Waals surface area contributed by atoms with Crippen molar-refractivity contribution in [2.24, 2.45) is 0 Å². The van der Waals surface area contributed by atoms with Crippen LogP contribution in [-0.4, -0.2) is 28.8 Å². The molecule has 1 unspecified atom stereocenters. The molecule has 0 amide bonds. The van der Waals surface area contributed by atoms with E-state index in [9.17, 15) is 8.78 Å². The fourth-order valence-corrected chi connectivity index (χ4v) is 2.15. The minimum Gasteiger partial charge on any atom is -0.396 e. The van der Waals surface area contributed by atoms with Gasteiger partial charge in [0.1, 0.15) is 0 Å². The predicted octanol–water partition coefficient (Wildman–Crippen LogP) is 1.33. The Morgan fingerprint density at radius 3 is 2.94 bits per heavy atom. The number of nitrogens with one attached hydrogen (secondary N) is 1. The summed E-state index contributed by atoms with van der Waals surface area (Å²) >= 11 is 0. The van der Waals surface area contributed by atoms with E-state index >= 15 is 0 Å². The van der Waals surface area contributed by atoms with Crippen molar-refractivity contribution in [2.75, 3.05) is 12.3 Å². The summed E-state index contributed by atoms with van der Waals surface area (Å²) in [7, 11) is 0. The second kappa shape index (κ2) is 4.37. The maximum atomic E-state index is 12.6. The van der Waals surface area contributed by atoms with Gasteiger partial charge in [-0.25, -0.2) is 8.78 Å². The number of hydrogen-bond donors (Lipinski definition) is 2. The molecule has 90 valence electrons. The van der Waals surface area contributed by atoms with Gasteiger partial charge in [-0.05, 0) is 26.3 Å². The molecule has 1 aliphatic rings. The van der Waals surface area contributed by atoms with Gasteiger partial charge in [0.05, 0.1) is 29.7 Å². The summed E-state index contributed by atoms with van der Waals surface area (Å²) in [5.41, 5.74) is 7.17. The van der Waals surface area contributed by atoms with Crippen molar-refractivity contribution in [3.05, 3.63) is 11.9 Å². The Morgan fingerprint density at radius 2 is 2.38 bits per heavy atom. The first-order chi connectivity index (χ1) is 7.59. The molecule has 1 aliphatic heterocycles. The van der Waals surface area contributed by atoms with Gasteiger partial charge in [-0.15, -0.1) is 0 Å². The first-order valence-corrected chi connectivity index (χ1v) is 5.40. The van der Waals surface area contributed by atoms with Gasteiger partial charge in [0.15, 0.2) is 0 Å². The normalized spacial score (nSPS) is 26.2. The van der Waals surface area contributed by atoms with E-state index in [1.54, 1.807) is 10.9 Å². The average Bonchev–Trinajstić information content (AvgIpc) is 2.60. The van der Waals surface area contributed by atoms with Crippen LogP contribution >= 0.6 is 0 Å². The number of aromatic nitrogens is 2. The third-order valence-electron chi connectivity index (χ3n) is 3.14. The molecule has 2 heterocycles. The highest BCUT2D eigenvalue weighted by Crippen LogP contribution is 2.26. The highest BCUT2D eigenvalue weighted by Gasteiger charge is 2.29. The molecule has 0 radical (unpaired) electrons. The van der Waals surface area contributed by atoms with Crippen molar-refractivity contribution >= 4 is 5.69 Å². The quantitative estimate of drug-likeness (QED) is 0.806. The van der Waals surface area contributed by atoms with Gasteiger partial charge >= 0.3 is 0 Å². The smallest absolute Gasteiger partial charge is 0.253 e. The first kappa shape index (κ1) is 11.3. The third-order valence-corrected chi connectivity index (χ3v) is 3.14. The highest BCUT2D eigenvalue weighted by atomic mass is 19.3. The Hall–Kier alpha value is -1.17. The van der Waals surface area contributed by atoms with Gasteiger partial charge in [0.2, 0.25) is 0 Å². The largest absolute Gasteiger partial charge is 0.396 e. The van der Waals surface area contributed by atoms with Crippen LogP contribution in [0.25, 0.3) is 0 Å². The number of nitrogens with zero attached hydrogens (tertiary/aromatic N) is 2. The summed E-state index contributed by atoms with van der Waals surface area (Å²) in [5, 5.41) is 6.97. The Morgan fingerprint density at radius 1 is 1.62 bits per heavy atom. The molecule has 4 nitrogen and oxygen atoms in total. The van der Waals surface area contributed by atoms with Crippen molar-refractivity contribution < 1.29 is 8.78 Å². The Labute approximate surface area is 92.8 Å². The number of nitrogens with two attached hydrogens (primary N) is 1. The number of nitrogen functional groups attached to an aromatic ring is 1. The van der Waals surface area contributed by atoms with Crippen molar-refractivity contribution in [1.82, 2.24) is 15.1 Å². The zero-order valence-corrected chi connectivity index (χ0v) is 9.16. The van der Waals surface area contributed by atoms with Crippen molar-refractivity contribution in [2.45, 2.75) is 38.3 Å². The van der Waals surface area contributed by atoms with Gasteiger partial charge < -0.3 is 11.1 Å². The standard InChI is InChI=1S/C10H16F2N4/c1-6-8(13)5-15-16(6)7-2-3-14-9(4-7)10(11)12/h5,7,9-10,14H,2-4,13H2,1H3/t7?,9-/m1/s1. The van der Waals surface area contributed by atoms with Gasteiger partial charge in [0, 0.05) is 0 Å². The van der Waals surface area contributed by atoms with E-state index in [1.165, 1.54) is 0 Å². The maximum absolute atomic E-state index is 12.6. The van der Waals surface area contributed by atoms with Crippen molar-refractivity contribution in [3.63, 3.8) is 0 Å². The van der Waals surface area contributed by atoms with Crippen LogP contribution in [0, 0.1) is 6.92 Å². The molecule has 3 N–H and O–H groups in total. The zero-order chi connectivity index (χ0) is 11.7. The number of halogens is 2. The van der Waals surface area contributed by atoms with E-state index < -0.39 is 12.5 Å². The predicted molar refractivity (Wildman–Crippen MR) is 57.4 cm³/mol. The molecule has 6 heteroatoms. The van der Waals surface area contributed by atoms with Gasteiger partial charge in [-0.3, -0.25) is 4.68 Å². The lowest BCUT2D eigenvalue weighted by molar-refractivity contribution is 0.0716. The fourth-order valence-electron chi connectivity index (χ4n) is 2.15.